The van der Waals surface area contributed by atoms with Gasteiger partial charge in [-0.05, 0) is 4.11 Å². The molecule has 0 bridgehead atoms. The molecule has 0 aliphatic rings. The maximum absolute atomic E-state index is 6.31. The van der Waals surface area contributed by atoms with Crippen LogP contribution < -0.4 is 24.0 Å². The van der Waals surface area contributed by atoms with Crippen molar-refractivity contribution < 1.29 is 30.8 Å². The molecule has 0 amide bonds. The molecule has 0 heterocycles. The first-order valence-electron chi connectivity index (χ1n) is 2.75. The molecule has 4 heavy (non-hydrogen) atoms. The Hall–Kier alpha value is 1.50. The molecule has 0 saturated carbocycles. The molecule has 0 nitrogen and oxygen atoms in total. The van der Waals surface area contributed by atoms with Gasteiger partial charge >= 0.3 is 23.1 Å². The molecule has 0 radical (unpaired) electrons. The van der Waals surface area contributed by atoms with E-state index in [1.165, 1.54) is 0 Å². The van der Waals surface area contributed by atoms with Gasteiger partial charge in [-0.15, -0.1) is 0 Å². The van der Waals surface area contributed by atoms with Crippen molar-refractivity contribution in [1.29, 1.82) is 0 Å². The van der Waals surface area contributed by atoms with E-state index in [2.05, 4.69) is 0 Å². The standard InChI is InChI=1S/C2H5.HI.Mg/c1-2;;/h1H2,2H3;1H;/q-1;;+2/p-1/i1D2,2D3;;. The number of halogens is 1. The smallest absolute Gasteiger partial charge is 1.00 e. The van der Waals surface area contributed by atoms with Crippen LogP contribution >= 0.6 is 0 Å². The summed E-state index contributed by atoms with van der Waals surface area (Å²) in [5.74, 6) is 0. The summed E-state index contributed by atoms with van der Waals surface area (Å²) in [5.41, 5.74) is 0. The summed E-state index contributed by atoms with van der Waals surface area (Å²) >= 11 is 0. The van der Waals surface area contributed by atoms with Gasteiger partial charge < -0.3 is 30.9 Å². The minimum Gasteiger partial charge on any atom is -1.00 e. The summed E-state index contributed by atoms with van der Waals surface area (Å²) in [5, 5.41) is 0. The van der Waals surface area contributed by atoms with Gasteiger partial charge in [0.2, 0.25) is 0 Å². The van der Waals surface area contributed by atoms with Crippen molar-refractivity contribution >= 4 is 23.1 Å². The molecule has 0 N–H and O–H groups in total. The van der Waals surface area contributed by atoms with Crippen LogP contribution in [0.4, 0.5) is 0 Å². The van der Waals surface area contributed by atoms with Gasteiger partial charge in [0.05, 0.1) is 0 Å². The van der Waals surface area contributed by atoms with E-state index in [0.717, 1.165) is 0 Å². The van der Waals surface area contributed by atoms with Crippen molar-refractivity contribution in [1.82, 2.24) is 0 Å². The first kappa shape index (κ1) is 1.98. The number of rotatable bonds is 0. The Morgan fingerprint density at radius 3 is 2.50 bits per heavy atom. The second-order valence-electron chi connectivity index (χ2n) is 0. The van der Waals surface area contributed by atoms with Crippen molar-refractivity contribution in [3.05, 3.63) is 6.88 Å². The predicted octanol–water partition coefficient (Wildman–Crippen LogP) is -2.54. The second-order valence-corrected chi connectivity index (χ2v) is 0. The van der Waals surface area contributed by atoms with Gasteiger partial charge in [0, 0.05) is 0 Å². The van der Waals surface area contributed by atoms with Gasteiger partial charge in [-0.25, -0.2) is 2.74 Å². The van der Waals surface area contributed by atoms with Gasteiger partial charge in [0.15, 0.2) is 0 Å². The molecule has 22 valence electrons. The molecule has 0 unspecified atom stereocenters. The molecule has 0 aliphatic carbocycles. The van der Waals surface area contributed by atoms with E-state index in [1.807, 2.05) is 0 Å². The maximum atomic E-state index is 6.31. The minimum atomic E-state index is -2.50. The summed E-state index contributed by atoms with van der Waals surface area (Å²) in [6, 6.07) is 0. The molecule has 0 aromatic carbocycles. The Morgan fingerprint density at radius 2 is 2.50 bits per heavy atom. The Morgan fingerprint density at radius 1 is 2.25 bits per heavy atom. The summed E-state index contributed by atoms with van der Waals surface area (Å²) in [6.45, 7) is -3.51. The fourth-order valence-corrected chi connectivity index (χ4v) is 0. The maximum Gasteiger partial charge on any atom is 2.00 e. The minimum absolute atomic E-state index is 0. The summed E-state index contributed by atoms with van der Waals surface area (Å²) in [4.78, 5) is 0. The van der Waals surface area contributed by atoms with Crippen molar-refractivity contribution in [2.24, 2.45) is 0 Å². The molecule has 0 spiro atoms. The van der Waals surface area contributed by atoms with Crippen LogP contribution in [0.25, 0.3) is 0 Å². The molecular weight excluding hydrogens is 175 g/mol. The van der Waals surface area contributed by atoms with Crippen LogP contribution in [0.3, 0.4) is 0 Å². The largest absolute Gasteiger partial charge is 2.00 e. The SMILES string of the molecule is [2H][C-]([2H])C([2H])([2H])[2H].[I-].[Mg+2]. The van der Waals surface area contributed by atoms with Crippen molar-refractivity contribution in [3.63, 3.8) is 0 Å². The Labute approximate surface area is 67.5 Å². The van der Waals surface area contributed by atoms with Crippen molar-refractivity contribution in [3.8, 4) is 0 Å². The zero-order chi connectivity index (χ0) is 6.08. The molecule has 0 rings (SSSR count). The van der Waals surface area contributed by atoms with E-state index in [9.17, 15) is 0 Å². The summed E-state index contributed by atoms with van der Waals surface area (Å²) < 4.78 is 31.4. The van der Waals surface area contributed by atoms with E-state index in [-0.39, 0.29) is 47.0 Å². The van der Waals surface area contributed by atoms with Gasteiger partial charge in [0.1, 0.15) is 0 Å². The fourth-order valence-electron chi connectivity index (χ4n) is 0. The first-order valence-corrected chi connectivity index (χ1v) is 0.250. The van der Waals surface area contributed by atoms with E-state index >= 15 is 0 Å². The quantitative estimate of drug-likeness (QED) is 0.222. The molecule has 0 aromatic heterocycles. The molecule has 0 saturated heterocycles. The molecule has 0 aromatic rings. The Bertz CT molecular complexity index is 60.5. The topological polar surface area (TPSA) is 0 Å². The van der Waals surface area contributed by atoms with Crippen LogP contribution in [0, 0.1) is 6.88 Å². The van der Waals surface area contributed by atoms with Gasteiger partial charge in [-0.2, -0.15) is 6.85 Å². The average Bonchev–Trinajstić information content (AvgIpc) is 1.31. The van der Waals surface area contributed by atoms with Crippen LogP contribution in [0.1, 0.15) is 13.7 Å². The molecule has 0 fully saturated rings. The molecule has 0 atom stereocenters. The van der Waals surface area contributed by atoms with Crippen molar-refractivity contribution in [2.75, 3.05) is 0 Å². The van der Waals surface area contributed by atoms with Crippen LogP contribution in [-0.2, 0) is 0 Å². The first-order chi connectivity index (χ1) is 2.94. The third-order valence-electron chi connectivity index (χ3n) is 0. The van der Waals surface area contributed by atoms with Crippen LogP contribution in [0.15, 0.2) is 0 Å². The Balaban J connectivity index is -0.000000180. The van der Waals surface area contributed by atoms with E-state index in [1.54, 1.807) is 0 Å². The van der Waals surface area contributed by atoms with E-state index in [4.69, 9.17) is 6.85 Å². The molecule has 0 aliphatic heterocycles. The van der Waals surface area contributed by atoms with E-state index in [0.29, 0.717) is 0 Å². The Kier molecular flexibility index (Phi) is 12.1. The molecule has 2 heteroatoms. The second kappa shape index (κ2) is 24.5. The summed E-state index contributed by atoms with van der Waals surface area (Å²) in [7, 11) is 0. The molecular formula is C2H5IMg. The van der Waals surface area contributed by atoms with Gasteiger partial charge in [-0.3, -0.25) is 0 Å². The van der Waals surface area contributed by atoms with Crippen molar-refractivity contribution in [2.45, 2.75) is 6.85 Å². The number of hydrogen-bond donors (Lipinski definition) is 0. The van der Waals surface area contributed by atoms with Gasteiger partial charge in [-0.1, -0.05) is 0 Å². The average molecular weight is 185 g/mol. The van der Waals surface area contributed by atoms with E-state index < -0.39 is 13.7 Å². The monoisotopic (exact) mass is 185 g/mol. The summed E-state index contributed by atoms with van der Waals surface area (Å²) in [6.07, 6.45) is 0. The third-order valence-corrected chi connectivity index (χ3v) is 0. The van der Waals surface area contributed by atoms with Gasteiger partial charge in [0.25, 0.3) is 0 Å². The zero-order valence-corrected chi connectivity index (χ0v) is 5.66. The fraction of sp³-hybridized carbons (Fsp3) is 0.500. The third kappa shape index (κ3) is 9.73. The normalized spacial score (nSPS) is 23.8. The van der Waals surface area contributed by atoms with Crippen LogP contribution in [0.2, 0.25) is 0 Å². The number of hydrogen-bond acceptors (Lipinski definition) is 0. The predicted molar refractivity (Wildman–Crippen MR) is 16.8 cm³/mol. The van der Waals surface area contributed by atoms with Crippen LogP contribution in [0.5, 0.6) is 0 Å². The zero-order valence-electron chi connectivity index (χ0n) is 7.09. The van der Waals surface area contributed by atoms with Crippen LogP contribution in [-0.4, -0.2) is 23.1 Å².